The van der Waals surface area contributed by atoms with Crippen LogP contribution in [0, 0.1) is 0 Å². The molecule has 2 aromatic rings. The normalized spacial score (nSPS) is 9.94. The molecule has 0 unspecified atom stereocenters. The van der Waals surface area contributed by atoms with Crippen LogP contribution < -0.4 is 10.9 Å². The molecule has 88 valence electrons. The van der Waals surface area contributed by atoms with Gasteiger partial charge in [-0.1, -0.05) is 11.6 Å². The van der Waals surface area contributed by atoms with Gasteiger partial charge in [0.05, 0.1) is 15.5 Å². The first-order valence-electron chi connectivity index (χ1n) is 4.56. The zero-order valence-electron chi connectivity index (χ0n) is 8.40. The Morgan fingerprint density at radius 3 is 2.53 bits per heavy atom. The molecule has 0 atom stereocenters. The zero-order chi connectivity index (χ0) is 12.3. The van der Waals surface area contributed by atoms with Crippen LogP contribution in [-0.4, -0.2) is 11.8 Å². The number of hydrogen-bond donors (Lipinski definition) is 2. The maximum absolute atomic E-state index is 11.5. The summed E-state index contributed by atoms with van der Waals surface area (Å²) in [6.07, 6.45) is 1.37. The SMILES string of the molecule is O=C(NNC(=O)c1ccc(Cl)s1)c1ccco1. The lowest BCUT2D eigenvalue weighted by Gasteiger charge is -2.03. The minimum absolute atomic E-state index is 0.120. The average molecular weight is 271 g/mol. The van der Waals surface area contributed by atoms with Crippen molar-refractivity contribution >= 4 is 34.8 Å². The number of carbonyl (C=O) groups is 2. The van der Waals surface area contributed by atoms with Crippen molar-refractivity contribution in [1.82, 2.24) is 10.9 Å². The Labute approximate surface area is 105 Å². The van der Waals surface area contributed by atoms with E-state index in [0.717, 1.165) is 11.3 Å². The molecule has 2 amide bonds. The van der Waals surface area contributed by atoms with E-state index in [1.165, 1.54) is 12.3 Å². The van der Waals surface area contributed by atoms with Crippen molar-refractivity contribution in [2.45, 2.75) is 0 Å². The highest BCUT2D eigenvalue weighted by molar-refractivity contribution is 7.17. The highest BCUT2D eigenvalue weighted by Crippen LogP contribution is 2.20. The number of thiophene rings is 1. The Balaban J connectivity index is 1.91. The fraction of sp³-hybridized carbons (Fsp3) is 0. The van der Waals surface area contributed by atoms with E-state index in [-0.39, 0.29) is 5.76 Å². The Hall–Kier alpha value is -1.79. The summed E-state index contributed by atoms with van der Waals surface area (Å²) in [6.45, 7) is 0. The number of hydrazine groups is 1. The van der Waals surface area contributed by atoms with Gasteiger partial charge >= 0.3 is 5.91 Å². The predicted octanol–water partition coefficient (Wildman–Crippen LogP) is 2.07. The molecule has 0 aliphatic heterocycles. The Morgan fingerprint density at radius 2 is 1.94 bits per heavy atom. The first-order chi connectivity index (χ1) is 8.16. The Kier molecular flexibility index (Phi) is 3.46. The second-order valence-corrected chi connectivity index (χ2v) is 4.70. The smallest absolute Gasteiger partial charge is 0.305 e. The molecular formula is C10H7ClN2O3S. The highest BCUT2D eigenvalue weighted by atomic mass is 35.5. The maximum Gasteiger partial charge on any atom is 0.305 e. The zero-order valence-corrected chi connectivity index (χ0v) is 9.97. The van der Waals surface area contributed by atoms with Gasteiger partial charge in [-0.2, -0.15) is 0 Å². The van der Waals surface area contributed by atoms with Crippen LogP contribution >= 0.6 is 22.9 Å². The van der Waals surface area contributed by atoms with Gasteiger partial charge in [0.15, 0.2) is 5.76 Å². The van der Waals surface area contributed by atoms with Crippen LogP contribution in [0.15, 0.2) is 34.9 Å². The van der Waals surface area contributed by atoms with Crippen molar-refractivity contribution in [3.8, 4) is 0 Å². The molecule has 2 rings (SSSR count). The van der Waals surface area contributed by atoms with Crippen molar-refractivity contribution < 1.29 is 14.0 Å². The second kappa shape index (κ2) is 5.03. The van der Waals surface area contributed by atoms with Crippen LogP contribution in [0.4, 0.5) is 0 Å². The summed E-state index contributed by atoms with van der Waals surface area (Å²) in [5, 5.41) is 0. The molecule has 0 saturated heterocycles. The number of nitrogens with one attached hydrogen (secondary N) is 2. The molecule has 0 saturated carbocycles. The highest BCUT2D eigenvalue weighted by Gasteiger charge is 2.12. The molecule has 2 aromatic heterocycles. The summed E-state index contributed by atoms with van der Waals surface area (Å²) >= 11 is 6.81. The number of halogens is 1. The number of amides is 2. The minimum Gasteiger partial charge on any atom is -0.459 e. The van der Waals surface area contributed by atoms with Gasteiger partial charge in [0.25, 0.3) is 5.91 Å². The van der Waals surface area contributed by atoms with E-state index in [0.29, 0.717) is 9.21 Å². The van der Waals surface area contributed by atoms with Crippen molar-refractivity contribution in [3.05, 3.63) is 45.5 Å². The van der Waals surface area contributed by atoms with E-state index in [1.807, 2.05) is 0 Å². The van der Waals surface area contributed by atoms with Gasteiger partial charge in [0.2, 0.25) is 0 Å². The third-order valence-electron chi connectivity index (χ3n) is 1.83. The molecule has 0 aliphatic carbocycles. The fourth-order valence-electron chi connectivity index (χ4n) is 1.08. The average Bonchev–Trinajstić information content (AvgIpc) is 2.95. The Morgan fingerprint density at radius 1 is 1.18 bits per heavy atom. The summed E-state index contributed by atoms with van der Waals surface area (Å²) < 4.78 is 5.36. The van der Waals surface area contributed by atoms with E-state index in [1.54, 1.807) is 18.2 Å². The lowest BCUT2D eigenvalue weighted by Crippen LogP contribution is -2.41. The van der Waals surface area contributed by atoms with Crippen molar-refractivity contribution in [3.63, 3.8) is 0 Å². The fourth-order valence-corrected chi connectivity index (χ4v) is 2.02. The van der Waals surface area contributed by atoms with Gasteiger partial charge in [0.1, 0.15) is 0 Å². The van der Waals surface area contributed by atoms with E-state index in [2.05, 4.69) is 10.9 Å². The van der Waals surface area contributed by atoms with Crippen molar-refractivity contribution in [2.24, 2.45) is 0 Å². The van der Waals surface area contributed by atoms with Crippen molar-refractivity contribution in [1.29, 1.82) is 0 Å². The van der Waals surface area contributed by atoms with E-state index in [4.69, 9.17) is 16.0 Å². The largest absolute Gasteiger partial charge is 0.459 e. The van der Waals surface area contributed by atoms with Crippen molar-refractivity contribution in [2.75, 3.05) is 0 Å². The van der Waals surface area contributed by atoms with Gasteiger partial charge in [-0.15, -0.1) is 11.3 Å². The monoisotopic (exact) mass is 270 g/mol. The lowest BCUT2D eigenvalue weighted by atomic mass is 10.4. The number of rotatable bonds is 2. The Bertz CT molecular complexity index is 536. The molecule has 0 fully saturated rings. The molecule has 0 spiro atoms. The van der Waals surface area contributed by atoms with Crippen LogP contribution in [-0.2, 0) is 0 Å². The maximum atomic E-state index is 11.5. The molecule has 0 aromatic carbocycles. The summed E-state index contributed by atoms with van der Waals surface area (Å²) in [4.78, 5) is 23.3. The first kappa shape index (κ1) is 11.7. The van der Waals surface area contributed by atoms with E-state index < -0.39 is 11.8 Å². The van der Waals surface area contributed by atoms with Crippen LogP contribution in [0.1, 0.15) is 20.2 Å². The van der Waals surface area contributed by atoms with E-state index in [9.17, 15) is 9.59 Å². The molecule has 2 heterocycles. The van der Waals surface area contributed by atoms with Gasteiger partial charge < -0.3 is 4.42 Å². The summed E-state index contributed by atoms with van der Waals surface area (Å²) in [6, 6.07) is 6.25. The minimum atomic E-state index is -0.522. The van der Waals surface area contributed by atoms with Crippen LogP contribution in [0.2, 0.25) is 4.34 Å². The first-order valence-corrected chi connectivity index (χ1v) is 5.76. The standard InChI is InChI=1S/C10H7ClN2O3S/c11-8-4-3-7(17-8)10(15)13-12-9(14)6-2-1-5-16-6/h1-5H,(H,12,14)(H,13,15). The van der Waals surface area contributed by atoms with Gasteiger partial charge in [0, 0.05) is 0 Å². The summed E-state index contributed by atoms with van der Waals surface area (Å²) in [5.41, 5.74) is 4.48. The molecule has 7 heteroatoms. The summed E-state index contributed by atoms with van der Waals surface area (Å²) in [5.74, 6) is -0.831. The molecule has 0 bridgehead atoms. The summed E-state index contributed by atoms with van der Waals surface area (Å²) in [7, 11) is 0. The quantitative estimate of drug-likeness (QED) is 0.821. The molecule has 0 aliphatic rings. The molecular weight excluding hydrogens is 264 g/mol. The topological polar surface area (TPSA) is 71.3 Å². The van der Waals surface area contributed by atoms with Crippen LogP contribution in [0.25, 0.3) is 0 Å². The second-order valence-electron chi connectivity index (χ2n) is 2.99. The molecule has 5 nitrogen and oxygen atoms in total. The van der Waals surface area contributed by atoms with Crippen LogP contribution in [0.5, 0.6) is 0 Å². The lowest BCUT2D eigenvalue weighted by molar-refractivity contribution is 0.0833. The molecule has 2 N–H and O–H groups in total. The van der Waals surface area contributed by atoms with Gasteiger partial charge in [-0.25, -0.2) is 0 Å². The third-order valence-corrected chi connectivity index (χ3v) is 3.06. The number of furan rings is 1. The number of carbonyl (C=O) groups excluding carboxylic acids is 2. The third kappa shape index (κ3) is 2.86. The predicted molar refractivity (Wildman–Crippen MR) is 63.0 cm³/mol. The molecule has 0 radical (unpaired) electrons. The van der Waals surface area contributed by atoms with E-state index >= 15 is 0 Å². The number of hydrogen-bond acceptors (Lipinski definition) is 4. The van der Waals surface area contributed by atoms with Crippen LogP contribution in [0.3, 0.4) is 0 Å². The molecule has 17 heavy (non-hydrogen) atoms. The van der Waals surface area contributed by atoms with Gasteiger partial charge in [-0.05, 0) is 24.3 Å². The van der Waals surface area contributed by atoms with Gasteiger partial charge in [-0.3, -0.25) is 20.4 Å².